The highest BCUT2D eigenvalue weighted by molar-refractivity contribution is 6.12. The summed E-state index contributed by atoms with van der Waals surface area (Å²) < 4.78 is 21.1. The van der Waals surface area contributed by atoms with Gasteiger partial charge in [-0.1, -0.05) is 24.3 Å². The van der Waals surface area contributed by atoms with Gasteiger partial charge in [-0.15, -0.1) is 0 Å². The number of benzene rings is 2. The molecule has 1 aromatic heterocycles. The molecule has 8 heteroatoms. The van der Waals surface area contributed by atoms with Gasteiger partial charge in [0.2, 0.25) is 0 Å². The van der Waals surface area contributed by atoms with E-state index in [9.17, 15) is 14.3 Å². The third-order valence-electron chi connectivity index (χ3n) is 6.82. The van der Waals surface area contributed by atoms with E-state index in [1.807, 2.05) is 46.9 Å². The number of aliphatic hydroxyl groups excluding tert-OH is 1. The van der Waals surface area contributed by atoms with Gasteiger partial charge in [-0.05, 0) is 67.7 Å². The Labute approximate surface area is 203 Å². The monoisotopic (exact) mass is 474 g/mol. The molecule has 1 amide bonds. The molecule has 2 aliphatic rings. The van der Waals surface area contributed by atoms with Gasteiger partial charge in [0.25, 0.3) is 5.91 Å². The van der Waals surface area contributed by atoms with Crippen LogP contribution in [0.4, 0.5) is 4.39 Å². The van der Waals surface area contributed by atoms with Gasteiger partial charge in [0.05, 0.1) is 37.5 Å². The van der Waals surface area contributed by atoms with Crippen LogP contribution in [0.5, 0.6) is 5.75 Å². The van der Waals surface area contributed by atoms with Crippen LogP contribution in [0, 0.1) is 12.7 Å². The number of carbonyl (C=O) groups is 1. The molecule has 2 unspecified atom stereocenters. The van der Waals surface area contributed by atoms with Gasteiger partial charge in [-0.25, -0.2) is 9.37 Å². The fourth-order valence-corrected chi connectivity index (χ4v) is 5.16. The van der Waals surface area contributed by atoms with Gasteiger partial charge in [0.15, 0.2) is 0 Å². The summed E-state index contributed by atoms with van der Waals surface area (Å²) in [5, 5.41) is 10.1. The molecule has 1 fully saturated rings. The summed E-state index contributed by atoms with van der Waals surface area (Å²) in [6.07, 6.45) is 9.40. The lowest BCUT2D eigenvalue weighted by Gasteiger charge is -2.46. The van der Waals surface area contributed by atoms with E-state index in [-0.39, 0.29) is 24.4 Å². The van der Waals surface area contributed by atoms with E-state index >= 15 is 0 Å². The zero-order valence-electron chi connectivity index (χ0n) is 19.7. The van der Waals surface area contributed by atoms with E-state index < -0.39 is 5.54 Å². The average Bonchev–Trinajstić information content (AvgIpc) is 3.44. The molecule has 1 N–H and O–H groups in total. The number of methoxy groups -OCH3 is 1. The summed E-state index contributed by atoms with van der Waals surface area (Å²) in [4.78, 5) is 23.9. The topological polar surface area (TPSA) is 80.0 Å². The van der Waals surface area contributed by atoms with E-state index in [1.165, 1.54) is 12.1 Å². The number of rotatable bonds is 6. The lowest BCUT2D eigenvalue weighted by molar-refractivity contribution is -0.129. The molecule has 0 radical (unpaired) electrons. The van der Waals surface area contributed by atoms with Crippen molar-refractivity contribution in [3.05, 3.63) is 83.7 Å². The summed E-state index contributed by atoms with van der Waals surface area (Å²) in [6.45, 7) is 1.83. The largest absolute Gasteiger partial charge is 0.495 e. The fraction of sp³-hybridized carbons (Fsp3) is 0.296. The number of imidazole rings is 1. The number of fused-ring (bicyclic) bond motifs is 1. The summed E-state index contributed by atoms with van der Waals surface area (Å²) in [6, 6.07) is 11.6. The van der Waals surface area contributed by atoms with Crippen LogP contribution in [0.2, 0.25) is 0 Å². The first-order valence-electron chi connectivity index (χ1n) is 11.6. The van der Waals surface area contributed by atoms with Crippen LogP contribution in [-0.2, 0) is 10.3 Å². The van der Waals surface area contributed by atoms with Crippen LogP contribution in [-0.4, -0.2) is 51.1 Å². The number of nitrogens with zero attached hydrogens (tertiary/aromatic N) is 4. The molecule has 3 heterocycles. The molecule has 2 aliphatic heterocycles. The van der Waals surface area contributed by atoms with E-state index in [0.717, 1.165) is 29.8 Å². The fourth-order valence-electron chi connectivity index (χ4n) is 5.16. The summed E-state index contributed by atoms with van der Waals surface area (Å²) in [7, 11) is 1.62. The van der Waals surface area contributed by atoms with Crippen molar-refractivity contribution in [2.75, 3.05) is 13.7 Å². The minimum absolute atomic E-state index is 0.101. The maximum atomic E-state index is 13.6. The molecule has 1 saturated heterocycles. The van der Waals surface area contributed by atoms with Crippen LogP contribution >= 0.6 is 0 Å². The normalized spacial score (nSPS) is 21.9. The van der Waals surface area contributed by atoms with Gasteiger partial charge in [0.1, 0.15) is 22.9 Å². The molecule has 3 aromatic rings. The Morgan fingerprint density at radius 2 is 2.03 bits per heavy atom. The number of hydrogen-bond donors (Lipinski definition) is 1. The average molecular weight is 475 g/mol. The summed E-state index contributed by atoms with van der Waals surface area (Å²) >= 11 is 0. The van der Waals surface area contributed by atoms with Gasteiger partial charge >= 0.3 is 0 Å². The lowest BCUT2D eigenvalue weighted by atomic mass is 9.78. The van der Waals surface area contributed by atoms with Crippen molar-refractivity contribution in [1.82, 2.24) is 14.5 Å². The Morgan fingerprint density at radius 1 is 1.23 bits per heavy atom. The number of ether oxygens (including phenoxy) is 1. The Kier molecular flexibility index (Phi) is 5.98. The number of hydrogen-bond acceptors (Lipinski definition) is 5. The molecule has 0 aliphatic carbocycles. The Balaban J connectivity index is 1.49. The summed E-state index contributed by atoms with van der Waals surface area (Å²) in [5.41, 5.74) is 2.31. The first-order valence-corrected chi connectivity index (χ1v) is 11.6. The molecule has 5 rings (SSSR count). The minimum Gasteiger partial charge on any atom is -0.495 e. The van der Waals surface area contributed by atoms with Crippen LogP contribution in [0.15, 0.2) is 66.1 Å². The smallest absolute Gasteiger partial charge is 0.278 e. The highest BCUT2D eigenvalue weighted by atomic mass is 19.1. The number of aliphatic imine (C=N–C) groups is 1. The van der Waals surface area contributed by atoms with E-state index in [2.05, 4.69) is 9.98 Å². The maximum absolute atomic E-state index is 13.6. The lowest BCUT2D eigenvalue weighted by Crippen LogP contribution is -2.57. The van der Waals surface area contributed by atoms with Crippen molar-refractivity contribution < 1.29 is 19.0 Å². The number of amides is 1. The number of carbonyl (C=O) groups excluding carboxylic acids is 1. The van der Waals surface area contributed by atoms with E-state index in [0.29, 0.717) is 23.6 Å². The zero-order valence-corrected chi connectivity index (χ0v) is 19.7. The second kappa shape index (κ2) is 9.11. The number of piperidine rings is 1. The molecular formula is C27H27FN4O3. The minimum atomic E-state index is -1.03. The van der Waals surface area contributed by atoms with Crippen molar-refractivity contribution >= 4 is 17.8 Å². The van der Waals surface area contributed by atoms with Crippen molar-refractivity contribution in [3.63, 3.8) is 0 Å². The first kappa shape index (κ1) is 23.0. The Morgan fingerprint density at radius 3 is 2.71 bits per heavy atom. The zero-order chi connectivity index (χ0) is 24.6. The van der Waals surface area contributed by atoms with Crippen molar-refractivity contribution in [3.8, 4) is 11.4 Å². The van der Waals surface area contributed by atoms with Gasteiger partial charge < -0.3 is 19.3 Å². The van der Waals surface area contributed by atoms with Crippen molar-refractivity contribution in [2.24, 2.45) is 4.99 Å². The third kappa shape index (κ3) is 3.93. The van der Waals surface area contributed by atoms with Crippen LogP contribution in [0.1, 0.15) is 36.1 Å². The molecule has 2 atom stereocenters. The van der Waals surface area contributed by atoms with Gasteiger partial charge in [-0.2, -0.15) is 4.99 Å². The highest BCUT2D eigenvalue weighted by Crippen LogP contribution is 2.45. The molecule has 7 nitrogen and oxygen atoms in total. The number of aryl methyl sites for hydroxylation is 1. The molecule has 0 saturated carbocycles. The predicted molar refractivity (Wildman–Crippen MR) is 131 cm³/mol. The SMILES string of the molecule is COc1cc(C=CC2=NC(=O)C3(c4ccc(F)cc4)CCCC(CO)N23)ccc1-n1cnc(C)c1. The molecule has 35 heavy (non-hydrogen) atoms. The number of aromatic nitrogens is 2. The second-order valence-corrected chi connectivity index (χ2v) is 8.93. The van der Waals surface area contributed by atoms with Crippen LogP contribution < -0.4 is 4.74 Å². The summed E-state index contributed by atoms with van der Waals surface area (Å²) in [5.74, 6) is 0.526. The van der Waals surface area contributed by atoms with E-state index in [4.69, 9.17) is 4.74 Å². The van der Waals surface area contributed by atoms with Gasteiger partial charge in [-0.3, -0.25) is 4.79 Å². The number of halogens is 1. The standard InChI is InChI=1S/C27H27FN4O3/c1-18-15-31(17-29-18)23-11-5-19(14-24(23)35-2)6-12-25-30-26(34)27(20-7-9-21(28)10-8-20)13-3-4-22(16-33)32(25)27/h5-12,14-15,17,22,33H,3-4,13,16H2,1-2H3. The maximum Gasteiger partial charge on any atom is 0.278 e. The first-order chi connectivity index (χ1) is 17.0. The van der Waals surface area contributed by atoms with E-state index in [1.54, 1.807) is 31.6 Å². The molecule has 0 spiro atoms. The Bertz CT molecular complexity index is 1310. The third-order valence-corrected chi connectivity index (χ3v) is 6.82. The van der Waals surface area contributed by atoms with Crippen LogP contribution in [0.25, 0.3) is 11.8 Å². The van der Waals surface area contributed by atoms with Gasteiger partial charge in [0, 0.05) is 6.20 Å². The highest BCUT2D eigenvalue weighted by Gasteiger charge is 2.54. The number of aliphatic hydroxyl groups is 1. The molecule has 2 aromatic carbocycles. The quantitative estimate of drug-likeness (QED) is 0.584. The second-order valence-electron chi connectivity index (χ2n) is 8.93. The van der Waals surface area contributed by atoms with Crippen molar-refractivity contribution in [2.45, 2.75) is 37.8 Å². The Hall–Kier alpha value is -3.78. The van der Waals surface area contributed by atoms with Crippen molar-refractivity contribution in [1.29, 1.82) is 0 Å². The number of amidine groups is 1. The molecular weight excluding hydrogens is 447 g/mol. The van der Waals surface area contributed by atoms with Crippen LogP contribution in [0.3, 0.4) is 0 Å². The molecule has 0 bridgehead atoms. The molecule has 180 valence electrons. The predicted octanol–water partition coefficient (Wildman–Crippen LogP) is 4.02.